The van der Waals surface area contributed by atoms with Crippen molar-refractivity contribution in [3.8, 4) is 16.5 Å². The molecule has 0 aliphatic heterocycles. The Labute approximate surface area is 170 Å². The number of aromatic nitrogens is 3. The summed E-state index contributed by atoms with van der Waals surface area (Å²) in [6.45, 7) is 0.593. The van der Waals surface area contributed by atoms with Crippen LogP contribution in [0.15, 0.2) is 59.3 Å². The van der Waals surface area contributed by atoms with E-state index in [1.165, 1.54) is 4.68 Å². The van der Waals surface area contributed by atoms with Gasteiger partial charge in [-0.3, -0.25) is 4.79 Å². The molecule has 0 radical (unpaired) electrons. The van der Waals surface area contributed by atoms with Crippen LogP contribution in [0.5, 0.6) is 5.75 Å². The van der Waals surface area contributed by atoms with Crippen molar-refractivity contribution >= 4 is 34.5 Å². The summed E-state index contributed by atoms with van der Waals surface area (Å²) in [6.07, 6.45) is 0.227. The Hall–Kier alpha value is -2.97. The molecule has 6 nitrogen and oxygen atoms in total. The fraction of sp³-hybridized carbons (Fsp3) is 0.150. The molecule has 142 valence electrons. The minimum absolute atomic E-state index is 0.144. The van der Waals surface area contributed by atoms with Crippen molar-refractivity contribution in [2.75, 3.05) is 12.4 Å². The van der Waals surface area contributed by atoms with Crippen LogP contribution in [0, 0.1) is 0 Å². The number of carbonyl (C=O) groups is 1. The van der Waals surface area contributed by atoms with E-state index in [1.54, 1.807) is 29.8 Å². The molecule has 0 fully saturated rings. The Bertz CT molecular complexity index is 1040. The predicted molar refractivity (Wildman–Crippen MR) is 112 cm³/mol. The van der Waals surface area contributed by atoms with Crippen LogP contribution in [0.2, 0.25) is 0 Å². The molecule has 0 saturated carbocycles. The van der Waals surface area contributed by atoms with E-state index in [4.69, 9.17) is 4.74 Å². The Balaban J connectivity index is 1.58. The minimum Gasteiger partial charge on any atom is -0.497 e. The molecular formula is C20H18N4O2S2. The van der Waals surface area contributed by atoms with Crippen LogP contribution in [0.1, 0.15) is 15.2 Å². The summed E-state index contributed by atoms with van der Waals surface area (Å²) in [6, 6.07) is 15.4. The van der Waals surface area contributed by atoms with Gasteiger partial charge in [-0.05, 0) is 40.6 Å². The second-order valence-corrected chi connectivity index (χ2v) is 7.98. The molecule has 0 aliphatic rings. The van der Waals surface area contributed by atoms with Gasteiger partial charge in [-0.2, -0.15) is 9.67 Å². The maximum atomic E-state index is 12.9. The number of hydrogen-bond acceptors (Lipinski definition) is 7. The Morgan fingerprint density at radius 2 is 1.89 bits per heavy atom. The number of ether oxygens (including phenoxy) is 1. The zero-order chi connectivity index (χ0) is 19.3. The molecule has 1 N–H and O–H groups in total. The SMILES string of the molecule is COc1ccc(CC(=O)n2nc(-c3cccs3)nc2NCc2cccs2)cc1. The summed E-state index contributed by atoms with van der Waals surface area (Å²) in [4.78, 5) is 19.6. The largest absolute Gasteiger partial charge is 0.497 e. The Morgan fingerprint density at radius 1 is 1.11 bits per heavy atom. The van der Waals surface area contributed by atoms with Crippen LogP contribution < -0.4 is 10.1 Å². The standard InChI is InChI=1S/C20H18N4O2S2/c1-26-15-8-6-14(7-9-15)12-18(25)24-20(21-13-16-4-2-10-27-16)22-19(23-24)17-5-3-11-28-17/h2-11H,12-13H2,1H3,(H,21,22,23). The molecule has 3 aromatic heterocycles. The number of carbonyl (C=O) groups excluding carboxylic acids is 1. The topological polar surface area (TPSA) is 69.0 Å². The maximum Gasteiger partial charge on any atom is 0.254 e. The second kappa shape index (κ2) is 8.37. The van der Waals surface area contributed by atoms with E-state index in [0.717, 1.165) is 21.1 Å². The lowest BCUT2D eigenvalue weighted by molar-refractivity contribution is 0.0901. The van der Waals surface area contributed by atoms with Crippen molar-refractivity contribution in [2.45, 2.75) is 13.0 Å². The zero-order valence-electron chi connectivity index (χ0n) is 15.2. The van der Waals surface area contributed by atoms with Crippen molar-refractivity contribution < 1.29 is 9.53 Å². The molecule has 0 amide bonds. The molecule has 8 heteroatoms. The molecule has 1 aromatic carbocycles. The molecule has 0 spiro atoms. The van der Waals surface area contributed by atoms with E-state index in [0.29, 0.717) is 18.3 Å². The van der Waals surface area contributed by atoms with Gasteiger partial charge in [0.1, 0.15) is 5.75 Å². The van der Waals surface area contributed by atoms with Crippen molar-refractivity contribution in [1.29, 1.82) is 0 Å². The number of nitrogens with one attached hydrogen (secondary N) is 1. The van der Waals surface area contributed by atoms with Crippen LogP contribution in [-0.2, 0) is 13.0 Å². The average molecular weight is 411 g/mol. The monoisotopic (exact) mass is 410 g/mol. The Kier molecular flexibility index (Phi) is 5.50. The predicted octanol–water partition coefficient (Wildman–Crippen LogP) is 4.57. The molecule has 3 heterocycles. The van der Waals surface area contributed by atoms with E-state index in [9.17, 15) is 4.79 Å². The summed E-state index contributed by atoms with van der Waals surface area (Å²) < 4.78 is 6.54. The summed E-state index contributed by atoms with van der Waals surface area (Å²) in [7, 11) is 1.62. The van der Waals surface area contributed by atoms with E-state index in [1.807, 2.05) is 59.3 Å². The minimum atomic E-state index is -0.144. The fourth-order valence-electron chi connectivity index (χ4n) is 2.68. The van der Waals surface area contributed by atoms with Gasteiger partial charge in [-0.1, -0.05) is 24.3 Å². The van der Waals surface area contributed by atoms with Crippen LogP contribution in [0.3, 0.4) is 0 Å². The summed E-state index contributed by atoms with van der Waals surface area (Å²) >= 11 is 3.20. The third kappa shape index (κ3) is 4.13. The number of benzene rings is 1. The highest BCUT2D eigenvalue weighted by Gasteiger charge is 2.18. The number of methoxy groups -OCH3 is 1. The van der Waals surface area contributed by atoms with Gasteiger partial charge >= 0.3 is 0 Å². The molecule has 28 heavy (non-hydrogen) atoms. The fourth-order valence-corrected chi connectivity index (χ4v) is 3.98. The van der Waals surface area contributed by atoms with Crippen molar-refractivity contribution in [3.63, 3.8) is 0 Å². The van der Waals surface area contributed by atoms with Crippen molar-refractivity contribution in [1.82, 2.24) is 14.8 Å². The van der Waals surface area contributed by atoms with Gasteiger partial charge in [0.05, 0.1) is 25.0 Å². The maximum absolute atomic E-state index is 12.9. The molecule has 4 rings (SSSR count). The highest BCUT2D eigenvalue weighted by molar-refractivity contribution is 7.13. The third-order valence-electron chi connectivity index (χ3n) is 4.10. The van der Waals surface area contributed by atoms with Gasteiger partial charge < -0.3 is 10.1 Å². The number of nitrogens with zero attached hydrogens (tertiary/aromatic N) is 3. The zero-order valence-corrected chi connectivity index (χ0v) is 16.8. The van der Waals surface area contributed by atoms with Gasteiger partial charge in [-0.15, -0.1) is 27.8 Å². The number of rotatable bonds is 7. The van der Waals surface area contributed by atoms with Gasteiger partial charge in [-0.25, -0.2) is 0 Å². The van der Waals surface area contributed by atoms with E-state index >= 15 is 0 Å². The van der Waals surface area contributed by atoms with Crippen molar-refractivity contribution in [2.24, 2.45) is 0 Å². The molecule has 0 aliphatic carbocycles. The van der Waals surface area contributed by atoms with Gasteiger partial charge in [0.2, 0.25) is 5.95 Å². The van der Waals surface area contributed by atoms with Gasteiger partial charge in [0.15, 0.2) is 5.82 Å². The second-order valence-electron chi connectivity index (χ2n) is 6.00. The van der Waals surface area contributed by atoms with Crippen LogP contribution in [0.4, 0.5) is 5.95 Å². The first kappa shape index (κ1) is 18.4. The summed E-state index contributed by atoms with van der Waals surface area (Å²) in [5.41, 5.74) is 0.892. The molecular weight excluding hydrogens is 392 g/mol. The van der Waals surface area contributed by atoms with Gasteiger partial charge in [0, 0.05) is 4.88 Å². The lowest BCUT2D eigenvalue weighted by Gasteiger charge is -2.07. The molecule has 0 saturated heterocycles. The average Bonchev–Trinajstić information content (AvgIpc) is 3.48. The van der Waals surface area contributed by atoms with Gasteiger partial charge in [0.25, 0.3) is 5.91 Å². The van der Waals surface area contributed by atoms with Crippen LogP contribution >= 0.6 is 22.7 Å². The number of thiophene rings is 2. The van der Waals surface area contributed by atoms with Crippen LogP contribution in [-0.4, -0.2) is 27.8 Å². The third-order valence-corrected chi connectivity index (χ3v) is 5.84. The highest BCUT2D eigenvalue weighted by Crippen LogP contribution is 2.24. The first-order valence-electron chi connectivity index (χ1n) is 8.66. The smallest absolute Gasteiger partial charge is 0.254 e. The molecule has 4 aromatic rings. The lowest BCUT2D eigenvalue weighted by Crippen LogP contribution is -2.18. The van der Waals surface area contributed by atoms with E-state index < -0.39 is 0 Å². The van der Waals surface area contributed by atoms with Crippen molar-refractivity contribution in [3.05, 3.63) is 69.7 Å². The number of hydrogen-bond donors (Lipinski definition) is 1. The Morgan fingerprint density at radius 3 is 2.57 bits per heavy atom. The first-order valence-corrected chi connectivity index (χ1v) is 10.4. The highest BCUT2D eigenvalue weighted by atomic mass is 32.1. The quantitative estimate of drug-likeness (QED) is 0.483. The lowest BCUT2D eigenvalue weighted by atomic mass is 10.1. The molecule has 0 atom stereocenters. The molecule has 0 unspecified atom stereocenters. The normalized spacial score (nSPS) is 10.8. The van der Waals surface area contributed by atoms with E-state index in [2.05, 4.69) is 15.4 Å². The summed E-state index contributed by atoms with van der Waals surface area (Å²) in [5, 5.41) is 11.7. The van der Waals surface area contributed by atoms with Crippen LogP contribution in [0.25, 0.3) is 10.7 Å². The first-order chi connectivity index (χ1) is 13.7. The molecule has 0 bridgehead atoms. The summed E-state index contributed by atoms with van der Waals surface area (Å²) in [5.74, 6) is 1.62. The van der Waals surface area contributed by atoms with E-state index in [-0.39, 0.29) is 12.3 Å². The number of anilines is 1.